The zero-order chi connectivity index (χ0) is 17.6. The topological polar surface area (TPSA) is 53.9 Å². The minimum Gasteiger partial charge on any atom is -0.350 e. The van der Waals surface area contributed by atoms with E-state index in [-0.39, 0.29) is 0 Å². The predicted octanol–water partition coefficient (Wildman–Crippen LogP) is 4.26. The Morgan fingerprint density at radius 3 is 2.64 bits per heavy atom. The first-order valence-corrected chi connectivity index (χ1v) is 8.48. The fraction of sp³-hybridized carbons (Fsp3) is 0.250. The van der Waals surface area contributed by atoms with Gasteiger partial charge in [0.15, 0.2) is 0 Å². The largest absolute Gasteiger partial charge is 0.350 e. The number of nitrogens with zero attached hydrogens (tertiary/aromatic N) is 4. The number of pyridine rings is 1. The molecule has 0 spiro atoms. The highest BCUT2D eigenvalue weighted by molar-refractivity contribution is 5.61. The molecule has 0 saturated carbocycles. The van der Waals surface area contributed by atoms with Crippen molar-refractivity contribution in [2.75, 3.05) is 16.8 Å². The van der Waals surface area contributed by atoms with E-state index < -0.39 is 0 Å². The van der Waals surface area contributed by atoms with Gasteiger partial charge in [0.1, 0.15) is 5.82 Å². The minimum atomic E-state index is 0.630. The molecule has 1 aromatic carbocycles. The summed E-state index contributed by atoms with van der Waals surface area (Å²) in [4.78, 5) is 15.5. The minimum absolute atomic E-state index is 0.630. The first-order valence-electron chi connectivity index (χ1n) is 8.48. The second kappa shape index (κ2) is 7.75. The molecule has 0 aliphatic heterocycles. The number of hydrogen-bond donors (Lipinski definition) is 1. The van der Waals surface area contributed by atoms with Crippen molar-refractivity contribution in [1.29, 1.82) is 0 Å². The zero-order valence-corrected chi connectivity index (χ0v) is 14.9. The Bertz CT molecular complexity index is 832. The van der Waals surface area contributed by atoms with E-state index in [1.54, 1.807) is 6.20 Å². The molecule has 0 saturated heterocycles. The highest BCUT2D eigenvalue weighted by atomic mass is 15.2. The summed E-state index contributed by atoms with van der Waals surface area (Å²) >= 11 is 0. The Labute approximate surface area is 148 Å². The average molecular weight is 333 g/mol. The van der Waals surface area contributed by atoms with Crippen LogP contribution in [-0.2, 0) is 6.54 Å². The molecule has 5 heteroatoms. The summed E-state index contributed by atoms with van der Waals surface area (Å²) in [7, 11) is 0. The fourth-order valence-electron chi connectivity index (χ4n) is 2.73. The van der Waals surface area contributed by atoms with Crippen LogP contribution in [0.15, 0.2) is 54.9 Å². The Kier molecular flexibility index (Phi) is 5.23. The molecule has 128 valence electrons. The molecule has 2 heterocycles. The number of nitrogens with one attached hydrogen (secondary N) is 1. The lowest BCUT2D eigenvalue weighted by molar-refractivity contribution is 0.953. The molecule has 25 heavy (non-hydrogen) atoms. The molecule has 0 aliphatic rings. The summed E-state index contributed by atoms with van der Waals surface area (Å²) in [5.41, 5.74) is 4.40. The second-order valence-corrected chi connectivity index (χ2v) is 5.99. The van der Waals surface area contributed by atoms with Crippen LogP contribution in [0.2, 0.25) is 0 Å². The smallest absolute Gasteiger partial charge is 0.225 e. The molecule has 0 fully saturated rings. The highest BCUT2D eigenvalue weighted by Gasteiger charge is 2.11. The van der Waals surface area contributed by atoms with Gasteiger partial charge in [-0.3, -0.25) is 4.98 Å². The molecule has 0 bridgehead atoms. The SMILES string of the molecule is CCN(c1cccc(C)c1)c1cc(C)nc(NCc2cccnc2)n1. The van der Waals surface area contributed by atoms with E-state index in [1.165, 1.54) is 5.56 Å². The average Bonchev–Trinajstić information content (AvgIpc) is 2.61. The molecular weight excluding hydrogens is 310 g/mol. The van der Waals surface area contributed by atoms with Gasteiger partial charge in [-0.15, -0.1) is 0 Å². The number of aromatic nitrogens is 3. The van der Waals surface area contributed by atoms with Crippen molar-refractivity contribution in [2.45, 2.75) is 27.3 Å². The molecule has 3 aromatic rings. The van der Waals surface area contributed by atoms with E-state index in [0.29, 0.717) is 12.5 Å². The normalized spacial score (nSPS) is 10.5. The van der Waals surface area contributed by atoms with Gasteiger partial charge in [0.2, 0.25) is 5.95 Å². The van der Waals surface area contributed by atoms with Gasteiger partial charge in [0, 0.05) is 42.9 Å². The lowest BCUT2D eigenvalue weighted by Crippen LogP contribution is -2.19. The number of rotatable bonds is 6. The molecule has 0 aliphatic carbocycles. The third-order valence-corrected chi connectivity index (χ3v) is 3.92. The summed E-state index contributed by atoms with van der Waals surface area (Å²) < 4.78 is 0. The maximum absolute atomic E-state index is 4.71. The maximum Gasteiger partial charge on any atom is 0.225 e. The number of aryl methyl sites for hydroxylation is 2. The van der Waals surface area contributed by atoms with Gasteiger partial charge in [-0.25, -0.2) is 4.98 Å². The summed E-state index contributed by atoms with van der Waals surface area (Å²) in [6.07, 6.45) is 3.61. The Morgan fingerprint density at radius 1 is 1.04 bits per heavy atom. The van der Waals surface area contributed by atoms with E-state index in [2.05, 4.69) is 58.3 Å². The lowest BCUT2D eigenvalue weighted by atomic mass is 10.2. The van der Waals surface area contributed by atoms with Crippen molar-refractivity contribution < 1.29 is 0 Å². The second-order valence-electron chi connectivity index (χ2n) is 5.99. The number of anilines is 3. The van der Waals surface area contributed by atoms with Crippen molar-refractivity contribution in [3.63, 3.8) is 0 Å². The molecule has 3 rings (SSSR count). The van der Waals surface area contributed by atoms with Gasteiger partial charge < -0.3 is 10.2 Å². The van der Waals surface area contributed by atoms with Crippen LogP contribution in [0.25, 0.3) is 0 Å². The van der Waals surface area contributed by atoms with Crippen LogP contribution in [0, 0.1) is 13.8 Å². The van der Waals surface area contributed by atoms with Gasteiger partial charge >= 0.3 is 0 Å². The fourth-order valence-corrected chi connectivity index (χ4v) is 2.73. The van der Waals surface area contributed by atoms with E-state index in [9.17, 15) is 0 Å². The van der Waals surface area contributed by atoms with Gasteiger partial charge in [0.05, 0.1) is 0 Å². The Hall–Kier alpha value is -2.95. The molecule has 2 aromatic heterocycles. The quantitative estimate of drug-likeness (QED) is 0.730. The van der Waals surface area contributed by atoms with Gasteiger partial charge in [0.25, 0.3) is 0 Å². The summed E-state index contributed by atoms with van der Waals surface area (Å²) in [5, 5.41) is 3.30. The Balaban J connectivity index is 1.84. The molecular formula is C20H23N5. The number of hydrogen-bond acceptors (Lipinski definition) is 5. The summed E-state index contributed by atoms with van der Waals surface area (Å²) in [6.45, 7) is 7.70. The first-order chi connectivity index (χ1) is 12.2. The lowest BCUT2D eigenvalue weighted by Gasteiger charge is -2.23. The highest BCUT2D eigenvalue weighted by Crippen LogP contribution is 2.25. The molecule has 0 atom stereocenters. The van der Waals surface area contributed by atoms with E-state index in [0.717, 1.165) is 29.3 Å². The molecule has 0 radical (unpaired) electrons. The van der Waals surface area contributed by atoms with E-state index in [1.807, 2.05) is 31.3 Å². The molecule has 1 N–H and O–H groups in total. The third-order valence-electron chi connectivity index (χ3n) is 3.92. The van der Waals surface area contributed by atoms with Crippen LogP contribution in [0.1, 0.15) is 23.7 Å². The van der Waals surface area contributed by atoms with Crippen molar-refractivity contribution in [3.05, 3.63) is 71.7 Å². The van der Waals surface area contributed by atoms with Crippen LogP contribution in [0.5, 0.6) is 0 Å². The van der Waals surface area contributed by atoms with Crippen LogP contribution >= 0.6 is 0 Å². The van der Waals surface area contributed by atoms with Gasteiger partial charge in [-0.2, -0.15) is 4.98 Å². The summed E-state index contributed by atoms with van der Waals surface area (Å²) in [6, 6.07) is 14.4. The molecule has 0 unspecified atom stereocenters. The van der Waals surface area contributed by atoms with Crippen molar-refractivity contribution >= 4 is 17.5 Å². The Morgan fingerprint density at radius 2 is 1.92 bits per heavy atom. The van der Waals surface area contributed by atoms with Crippen molar-refractivity contribution in [1.82, 2.24) is 15.0 Å². The monoisotopic (exact) mass is 333 g/mol. The van der Waals surface area contributed by atoms with Crippen LogP contribution in [0.3, 0.4) is 0 Å². The molecule has 5 nitrogen and oxygen atoms in total. The van der Waals surface area contributed by atoms with Crippen LogP contribution in [0.4, 0.5) is 17.5 Å². The third kappa shape index (κ3) is 4.32. The van der Waals surface area contributed by atoms with Crippen LogP contribution in [-0.4, -0.2) is 21.5 Å². The van der Waals surface area contributed by atoms with Gasteiger partial charge in [-0.1, -0.05) is 18.2 Å². The van der Waals surface area contributed by atoms with Gasteiger partial charge in [-0.05, 0) is 50.1 Å². The molecule has 0 amide bonds. The van der Waals surface area contributed by atoms with Crippen molar-refractivity contribution in [2.24, 2.45) is 0 Å². The maximum atomic E-state index is 4.71. The van der Waals surface area contributed by atoms with E-state index >= 15 is 0 Å². The zero-order valence-electron chi connectivity index (χ0n) is 14.9. The van der Waals surface area contributed by atoms with E-state index in [4.69, 9.17) is 4.98 Å². The first kappa shape index (κ1) is 16.9. The standard InChI is InChI=1S/C20H23N5/c1-4-25(18-9-5-7-15(2)11-18)19-12-16(3)23-20(24-19)22-14-17-8-6-10-21-13-17/h5-13H,4,14H2,1-3H3,(H,22,23,24). The van der Waals surface area contributed by atoms with Crippen molar-refractivity contribution in [3.8, 4) is 0 Å². The number of benzene rings is 1. The van der Waals surface area contributed by atoms with Crippen LogP contribution < -0.4 is 10.2 Å². The summed E-state index contributed by atoms with van der Waals surface area (Å²) in [5.74, 6) is 1.53. The predicted molar refractivity (Wildman–Crippen MR) is 102 cm³/mol.